The molecule has 134 valence electrons. The van der Waals surface area contributed by atoms with E-state index in [0.717, 1.165) is 17.5 Å². The summed E-state index contributed by atoms with van der Waals surface area (Å²) in [6, 6.07) is 5.90. The topological polar surface area (TPSA) is 43.6 Å². The zero-order valence-corrected chi connectivity index (χ0v) is 14.2. The summed E-state index contributed by atoms with van der Waals surface area (Å²) in [7, 11) is 0. The molecule has 3 aromatic heterocycles. The van der Waals surface area contributed by atoms with Crippen LogP contribution in [0.15, 0.2) is 36.7 Å². The summed E-state index contributed by atoms with van der Waals surface area (Å²) in [5.41, 5.74) is 2.82. The maximum absolute atomic E-state index is 13.7. The van der Waals surface area contributed by atoms with Gasteiger partial charge < -0.3 is 0 Å². The molecule has 4 nitrogen and oxygen atoms in total. The van der Waals surface area contributed by atoms with E-state index >= 15 is 0 Å². The molecule has 0 saturated carbocycles. The average Bonchev–Trinajstić information content (AvgIpc) is 3.00. The Morgan fingerprint density at radius 1 is 1.19 bits per heavy atom. The van der Waals surface area contributed by atoms with Gasteiger partial charge in [-0.3, -0.25) is 14.1 Å². The highest BCUT2D eigenvalue weighted by molar-refractivity contribution is 5.81. The van der Waals surface area contributed by atoms with E-state index in [-0.39, 0.29) is 0 Å². The molecule has 0 amide bonds. The van der Waals surface area contributed by atoms with E-state index < -0.39 is 23.9 Å². The van der Waals surface area contributed by atoms with Crippen molar-refractivity contribution in [1.82, 2.24) is 19.7 Å². The second-order valence-electron chi connectivity index (χ2n) is 7.00. The third-order valence-corrected chi connectivity index (χ3v) is 4.86. The van der Waals surface area contributed by atoms with Gasteiger partial charge in [0, 0.05) is 35.5 Å². The van der Waals surface area contributed by atoms with Crippen molar-refractivity contribution in [2.45, 2.75) is 26.3 Å². The van der Waals surface area contributed by atoms with Gasteiger partial charge in [-0.25, -0.2) is 9.37 Å². The fraction of sp³-hybridized carbons (Fsp3) is 0.316. The van der Waals surface area contributed by atoms with Crippen molar-refractivity contribution in [3.63, 3.8) is 0 Å². The van der Waals surface area contributed by atoms with E-state index in [2.05, 4.69) is 15.1 Å². The number of aromatic nitrogens is 4. The van der Waals surface area contributed by atoms with Gasteiger partial charge in [0.1, 0.15) is 11.5 Å². The van der Waals surface area contributed by atoms with Crippen LogP contribution >= 0.6 is 0 Å². The lowest BCUT2D eigenvalue weighted by Gasteiger charge is -2.31. The van der Waals surface area contributed by atoms with Crippen molar-refractivity contribution in [3.05, 3.63) is 54.1 Å². The summed E-state index contributed by atoms with van der Waals surface area (Å²) in [6.07, 6.45) is 3.81. The van der Waals surface area contributed by atoms with Crippen LogP contribution in [0.25, 0.3) is 22.5 Å². The number of pyridine rings is 2. The first-order valence-corrected chi connectivity index (χ1v) is 8.39. The maximum atomic E-state index is 13.7. The van der Waals surface area contributed by atoms with Crippen LogP contribution in [0.2, 0.25) is 0 Å². The van der Waals surface area contributed by atoms with Crippen LogP contribution in [0.1, 0.15) is 19.0 Å². The van der Waals surface area contributed by atoms with E-state index in [9.17, 15) is 13.2 Å². The van der Waals surface area contributed by atoms with Gasteiger partial charge in [0.2, 0.25) is 5.95 Å². The quantitative estimate of drug-likeness (QED) is 0.659. The Labute approximate surface area is 148 Å². The molecule has 0 fully saturated rings. The Balaban J connectivity index is 1.92. The maximum Gasteiger partial charge on any atom is 0.213 e. The van der Waals surface area contributed by atoms with Crippen LogP contribution in [-0.2, 0) is 13.0 Å². The van der Waals surface area contributed by atoms with Crippen molar-refractivity contribution < 1.29 is 13.2 Å². The SMILES string of the molecule is CC1(CF)CCc2c(-c3ccnc(F)c3)c(-c3ccc(F)cn3)nn2C1. The molecule has 0 aliphatic carbocycles. The first kappa shape index (κ1) is 16.8. The van der Waals surface area contributed by atoms with Gasteiger partial charge >= 0.3 is 0 Å². The molecule has 7 heteroatoms. The molecule has 4 heterocycles. The Morgan fingerprint density at radius 2 is 2.04 bits per heavy atom. The molecule has 0 radical (unpaired) electrons. The molecule has 0 aromatic carbocycles. The van der Waals surface area contributed by atoms with Crippen LogP contribution in [0.4, 0.5) is 13.2 Å². The van der Waals surface area contributed by atoms with Gasteiger partial charge in [-0.15, -0.1) is 0 Å². The molecule has 0 saturated heterocycles. The Bertz CT molecular complexity index is 952. The van der Waals surface area contributed by atoms with Crippen molar-refractivity contribution >= 4 is 0 Å². The minimum Gasteiger partial charge on any atom is -0.268 e. The number of hydrogen-bond acceptors (Lipinski definition) is 3. The molecule has 0 bridgehead atoms. The fourth-order valence-corrected chi connectivity index (χ4v) is 3.41. The standard InChI is InChI=1S/C19H17F3N4/c1-19(10-20)6-4-15-17(12-5-7-23-16(22)8-12)18(25-26(15)11-19)14-3-2-13(21)9-24-14/h2-3,5,7-9H,4,6,10-11H2,1H3. The van der Waals surface area contributed by atoms with E-state index in [0.29, 0.717) is 36.3 Å². The monoisotopic (exact) mass is 358 g/mol. The fourth-order valence-electron chi connectivity index (χ4n) is 3.41. The lowest BCUT2D eigenvalue weighted by Crippen LogP contribution is -2.32. The number of halogens is 3. The number of rotatable bonds is 3. The summed E-state index contributed by atoms with van der Waals surface area (Å²) >= 11 is 0. The molecule has 3 aromatic rings. The summed E-state index contributed by atoms with van der Waals surface area (Å²) in [5, 5.41) is 4.62. The van der Waals surface area contributed by atoms with Gasteiger partial charge in [0.25, 0.3) is 0 Å². The number of nitrogens with zero attached hydrogens (tertiary/aromatic N) is 4. The minimum absolute atomic E-state index is 0.431. The molecule has 1 atom stereocenters. The number of fused-ring (bicyclic) bond motifs is 1. The highest BCUT2D eigenvalue weighted by Crippen LogP contribution is 2.40. The molecular formula is C19H17F3N4. The second kappa shape index (κ2) is 6.23. The van der Waals surface area contributed by atoms with Crippen LogP contribution < -0.4 is 0 Å². The molecule has 1 aliphatic heterocycles. The Morgan fingerprint density at radius 3 is 2.73 bits per heavy atom. The van der Waals surface area contributed by atoms with Crippen molar-refractivity contribution in [2.75, 3.05) is 6.67 Å². The molecule has 0 N–H and O–H groups in total. The summed E-state index contributed by atoms with van der Waals surface area (Å²) in [5.74, 6) is -1.04. The van der Waals surface area contributed by atoms with Crippen molar-refractivity contribution in [3.8, 4) is 22.5 Å². The highest BCUT2D eigenvalue weighted by Gasteiger charge is 2.34. The molecule has 0 spiro atoms. The Kier molecular flexibility index (Phi) is 4.01. The third kappa shape index (κ3) is 2.87. The zero-order chi connectivity index (χ0) is 18.3. The zero-order valence-electron chi connectivity index (χ0n) is 14.2. The van der Waals surface area contributed by atoms with Crippen LogP contribution in [-0.4, -0.2) is 26.4 Å². The van der Waals surface area contributed by atoms with Crippen molar-refractivity contribution in [2.24, 2.45) is 5.41 Å². The van der Waals surface area contributed by atoms with E-state index in [1.54, 1.807) is 16.8 Å². The van der Waals surface area contributed by atoms with Gasteiger partial charge in [-0.1, -0.05) is 6.92 Å². The van der Waals surface area contributed by atoms with E-state index in [1.807, 2.05) is 6.92 Å². The normalized spacial score (nSPS) is 19.4. The third-order valence-electron chi connectivity index (χ3n) is 4.86. The van der Waals surface area contributed by atoms with E-state index in [1.165, 1.54) is 18.3 Å². The second-order valence-corrected chi connectivity index (χ2v) is 7.00. The summed E-state index contributed by atoms with van der Waals surface area (Å²) in [4.78, 5) is 7.73. The molecule has 1 aliphatic rings. The lowest BCUT2D eigenvalue weighted by molar-refractivity contribution is 0.155. The number of hydrogen-bond donors (Lipinski definition) is 0. The van der Waals surface area contributed by atoms with Crippen LogP contribution in [0, 0.1) is 17.2 Å². The average molecular weight is 358 g/mol. The Hall–Kier alpha value is -2.70. The molecule has 26 heavy (non-hydrogen) atoms. The first-order chi connectivity index (χ1) is 12.5. The summed E-state index contributed by atoms with van der Waals surface area (Å²) in [6.45, 7) is 1.88. The minimum atomic E-state index is -0.593. The highest BCUT2D eigenvalue weighted by atomic mass is 19.1. The molecular weight excluding hydrogens is 341 g/mol. The predicted octanol–water partition coefficient (Wildman–Crippen LogP) is 4.21. The predicted molar refractivity (Wildman–Crippen MR) is 91.0 cm³/mol. The van der Waals surface area contributed by atoms with Gasteiger partial charge in [0.15, 0.2) is 0 Å². The number of alkyl halides is 1. The van der Waals surface area contributed by atoms with Gasteiger partial charge in [-0.05, 0) is 36.6 Å². The largest absolute Gasteiger partial charge is 0.268 e. The van der Waals surface area contributed by atoms with E-state index in [4.69, 9.17) is 0 Å². The smallest absolute Gasteiger partial charge is 0.213 e. The summed E-state index contributed by atoms with van der Waals surface area (Å²) < 4.78 is 42.2. The first-order valence-electron chi connectivity index (χ1n) is 8.39. The van der Waals surface area contributed by atoms with Crippen LogP contribution in [0.3, 0.4) is 0 Å². The van der Waals surface area contributed by atoms with Crippen molar-refractivity contribution in [1.29, 1.82) is 0 Å². The molecule has 1 unspecified atom stereocenters. The lowest BCUT2D eigenvalue weighted by atomic mass is 9.82. The van der Waals surface area contributed by atoms with Gasteiger partial charge in [0.05, 0.1) is 18.6 Å². The van der Waals surface area contributed by atoms with Gasteiger partial charge in [-0.2, -0.15) is 9.49 Å². The van der Waals surface area contributed by atoms with Crippen LogP contribution in [0.5, 0.6) is 0 Å². The molecule has 4 rings (SSSR count).